The summed E-state index contributed by atoms with van der Waals surface area (Å²) < 4.78 is 3.86. The normalized spacial score (nSPS) is 16.2. The van der Waals surface area contributed by atoms with Gasteiger partial charge in [0.15, 0.2) is 0 Å². The smallest absolute Gasteiger partial charge is 0.288 e. The van der Waals surface area contributed by atoms with Gasteiger partial charge in [-0.25, -0.2) is 0 Å². The summed E-state index contributed by atoms with van der Waals surface area (Å²) in [7, 11) is 0. The number of carbonyl (C=O) groups excluding carboxylic acids is 2. The van der Waals surface area contributed by atoms with E-state index in [0.29, 0.717) is 17.9 Å². The molecular weight excluding hydrogens is 272 g/mol. The Kier molecular flexibility index (Phi) is 4.54. The van der Waals surface area contributed by atoms with Crippen molar-refractivity contribution in [1.29, 1.82) is 0 Å². The molecule has 2 rings (SSSR count). The Balaban J connectivity index is 2.06. The number of rotatable bonds is 5. The predicted molar refractivity (Wildman–Crippen MR) is 71.7 cm³/mol. The molecule has 1 saturated heterocycles. The van der Waals surface area contributed by atoms with Crippen molar-refractivity contribution in [2.45, 2.75) is 26.3 Å². The van der Waals surface area contributed by atoms with Crippen LogP contribution in [0.25, 0.3) is 0 Å². The lowest BCUT2D eigenvalue weighted by Gasteiger charge is -2.23. The maximum atomic E-state index is 11.7. The van der Waals surface area contributed by atoms with Gasteiger partial charge in [0.05, 0.1) is 6.54 Å². The van der Waals surface area contributed by atoms with E-state index in [4.69, 9.17) is 0 Å². The Morgan fingerprint density at radius 3 is 3.00 bits per heavy atom. The Bertz CT molecular complexity index is 433. The third kappa shape index (κ3) is 2.99. The first kappa shape index (κ1) is 13.3. The highest BCUT2D eigenvalue weighted by Gasteiger charge is 2.28. The van der Waals surface area contributed by atoms with Crippen LogP contribution in [0.2, 0.25) is 0 Å². The van der Waals surface area contributed by atoms with Crippen LogP contribution in [0, 0.1) is 0 Å². The third-order valence-corrected chi connectivity index (χ3v) is 4.06. The van der Waals surface area contributed by atoms with E-state index in [0.717, 1.165) is 18.0 Å². The lowest BCUT2D eigenvalue weighted by atomic mass is 10.3. The highest BCUT2D eigenvalue weighted by molar-refractivity contribution is 8.13. The van der Waals surface area contributed by atoms with Crippen LogP contribution >= 0.6 is 23.3 Å². The summed E-state index contributed by atoms with van der Waals surface area (Å²) in [5, 5.41) is 7.83. The van der Waals surface area contributed by atoms with Crippen molar-refractivity contribution in [2.75, 3.05) is 17.6 Å². The quantitative estimate of drug-likeness (QED) is 0.891. The van der Waals surface area contributed by atoms with Crippen molar-refractivity contribution in [3.8, 4) is 0 Å². The second-order valence-corrected chi connectivity index (χ2v) is 5.62. The average Bonchev–Trinajstić information content (AvgIpc) is 2.79. The molecule has 0 unspecified atom stereocenters. The van der Waals surface area contributed by atoms with Crippen LogP contribution in [0.1, 0.15) is 25.5 Å². The highest BCUT2D eigenvalue weighted by Crippen LogP contribution is 2.24. The van der Waals surface area contributed by atoms with Gasteiger partial charge in [-0.05, 0) is 6.42 Å². The van der Waals surface area contributed by atoms with Gasteiger partial charge in [-0.15, -0.1) is 5.10 Å². The van der Waals surface area contributed by atoms with Gasteiger partial charge in [0.1, 0.15) is 10.7 Å². The first-order valence-corrected chi connectivity index (χ1v) is 7.50. The molecule has 0 bridgehead atoms. The molecule has 0 aliphatic carbocycles. The minimum absolute atomic E-state index is 0.131. The van der Waals surface area contributed by atoms with E-state index in [1.165, 1.54) is 28.2 Å². The molecule has 1 fully saturated rings. The Morgan fingerprint density at radius 2 is 2.28 bits per heavy atom. The van der Waals surface area contributed by atoms with Crippen molar-refractivity contribution < 1.29 is 9.59 Å². The van der Waals surface area contributed by atoms with E-state index in [9.17, 15) is 9.59 Å². The summed E-state index contributed by atoms with van der Waals surface area (Å²) in [6.07, 6.45) is 1.40. The molecular formula is C10H14N4O2S2. The van der Waals surface area contributed by atoms with Crippen molar-refractivity contribution >= 4 is 39.4 Å². The van der Waals surface area contributed by atoms with Gasteiger partial charge in [0, 0.05) is 30.3 Å². The Morgan fingerprint density at radius 1 is 1.44 bits per heavy atom. The third-order valence-electron chi connectivity index (χ3n) is 2.46. The number of imide groups is 1. The Hall–Kier alpha value is -1.15. The minimum atomic E-state index is -0.194. The van der Waals surface area contributed by atoms with E-state index in [-0.39, 0.29) is 17.7 Å². The molecule has 0 atom stereocenters. The molecule has 6 nitrogen and oxygen atoms in total. The highest BCUT2D eigenvalue weighted by atomic mass is 32.2. The van der Waals surface area contributed by atoms with Crippen LogP contribution in [-0.4, -0.2) is 37.9 Å². The summed E-state index contributed by atoms with van der Waals surface area (Å²) in [6.45, 7) is 3.11. The lowest BCUT2D eigenvalue weighted by molar-refractivity contribution is -0.128. The zero-order valence-corrected chi connectivity index (χ0v) is 11.6. The second kappa shape index (κ2) is 6.14. The van der Waals surface area contributed by atoms with Gasteiger partial charge in [0.25, 0.3) is 5.24 Å². The van der Waals surface area contributed by atoms with Gasteiger partial charge in [0.2, 0.25) is 5.91 Å². The standard InChI is InChI=1S/C10H14N4O2S2/c1-2-4-11-9-7(12-13-18-9)6-14-8(15)3-5-17-10(14)16/h11H,2-6H2,1H3. The van der Waals surface area contributed by atoms with Crippen molar-refractivity contribution in [1.82, 2.24) is 14.5 Å². The number of carbonyl (C=O) groups is 2. The maximum absolute atomic E-state index is 11.7. The number of nitrogens with one attached hydrogen (secondary N) is 1. The van der Waals surface area contributed by atoms with E-state index < -0.39 is 0 Å². The van der Waals surface area contributed by atoms with E-state index in [1.807, 2.05) is 0 Å². The maximum Gasteiger partial charge on any atom is 0.288 e. The molecule has 0 aromatic carbocycles. The first-order valence-electron chi connectivity index (χ1n) is 5.74. The van der Waals surface area contributed by atoms with E-state index in [2.05, 4.69) is 21.8 Å². The first-order chi connectivity index (χ1) is 8.72. The van der Waals surface area contributed by atoms with Crippen LogP contribution < -0.4 is 5.32 Å². The van der Waals surface area contributed by atoms with Crippen LogP contribution in [0.15, 0.2) is 0 Å². The summed E-state index contributed by atoms with van der Waals surface area (Å²) in [6, 6.07) is 0. The fraction of sp³-hybridized carbons (Fsp3) is 0.600. The summed E-state index contributed by atoms with van der Waals surface area (Å²) in [4.78, 5) is 24.6. The molecule has 0 saturated carbocycles. The zero-order valence-electron chi connectivity index (χ0n) is 10.0. The molecule has 8 heteroatoms. The van der Waals surface area contributed by atoms with Crippen LogP contribution in [-0.2, 0) is 11.3 Å². The fourth-order valence-corrected chi connectivity index (χ4v) is 2.90. The molecule has 1 N–H and O–H groups in total. The molecule has 1 aliphatic heterocycles. The predicted octanol–water partition coefficient (Wildman–Crippen LogP) is 1.95. The van der Waals surface area contributed by atoms with Gasteiger partial charge in [-0.1, -0.05) is 23.2 Å². The number of nitrogens with zero attached hydrogens (tertiary/aromatic N) is 3. The van der Waals surface area contributed by atoms with Crippen molar-refractivity contribution in [3.05, 3.63) is 5.69 Å². The van der Waals surface area contributed by atoms with Crippen molar-refractivity contribution in [3.63, 3.8) is 0 Å². The summed E-state index contributed by atoms with van der Waals surface area (Å²) >= 11 is 2.43. The number of hydrogen-bond acceptors (Lipinski definition) is 7. The monoisotopic (exact) mass is 286 g/mol. The molecule has 1 aromatic rings. The molecule has 2 amide bonds. The zero-order chi connectivity index (χ0) is 13.0. The second-order valence-electron chi connectivity index (χ2n) is 3.82. The summed E-state index contributed by atoms with van der Waals surface area (Å²) in [5.41, 5.74) is 0.664. The van der Waals surface area contributed by atoms with Crippen LogP contribution in [0.3, 0.4) is 0 Å². The number of anilines is 1. The van der Waals surface area contributed by atoms with Gasteiger partial charge in [-0.2, -0.15) is 0 Å². The van der Waals surface area contributed by atoms with Gasteiger partial charge >= 0.3 is 0 Å². The largest absolute Gasteiger partial charge is 0.374 e. The SMILES string of the molecule is CCCNc1snnc1CN1C(=O)CCSC1=O. The van der Waals surface area contributed by atoms with Gasteiger partial charge in [-0.3, -0.25) is 14.5 Å². The molecule has 1 aliphatic rings. The number of thioether (sulfide) groups is 1. The minimum Gasteiger partial charge on any atom is -0.374 e. The number of hydrogen-bond donors (Lipinski definition) is 1. The molecule has 0 spiro atoms. The molecule has 18 heavy (non-hydrogen) atoms. The Labute approximate surface area is 113 Å². The van der Waals surface area contributed by atoms with E-state index in [1.54, 1.807) is 0 Å². The molecule has 2 heterocycles. The summed E-state index contributed by atoms with van der Waals surface area (Å²) in [5.74, 6) is 0.443. The average molecular weight is 286 g/mol. The molecule has 1 aromatic heterocycles. The van der Waals surface area contributed by atoms with Crippen molar-refractivity contribution in [2.24, 2.45) is 0 Å². The topological polar surface area (TPSA) is 75.2 Å². The van der Waals surface area contributed by atoms with Crippen LogP contribution in [0.4, 0.5) is 9.80 Å². The molecule has 98 valence electrons. The lowest BCUT2D eigenvalue weighted by Crippen LogP contribution is -2.37. The fourth-order valence-electron chi connectivity index (χ4n) is 1.53. The van der Waals surface area contributed by atoms with E-state index >= 15 is 0 Å². The number of aromatic nitrogens is 2. The van der Waals surface area contributed by atoms with Gasteiger partial charge < -0.3 is 5.32 Å². The molecule has 0 radical (unpaired) electrons. The van der Waals surface area contributed by atoms with Crippen LogP contribution in [0.5, 0.6) is 0 Å². The number of amides is 2.